The van der Waals surface area contributed by atoms with Crippen molar-refractivity contribution in [1.82, 2.24) is 0 Å². The molecule has 0 bridgehead atoms. The molecule has 3 rings (SSSR count). The minimum Gasteiger partial charge on any atom is -0.324 e. The normalized spacial score (nSPS) is 18.9. The highest BCUT2D eigenvalue weighted by Gasteiger charge is 2.29. The van der Waals surface area contributed by atoms with Gasteiger partial charge in [0.15, 0.2) is 0 Å². The summed E-state index contributed by atoms with van der Waals surface area (Å²) in [6.07, 6.45) is 1.54. The lowest BCUT2D eigenvalue weighted by Gasteiger charge is -2.25. The van der Waals surface area contributed by atoms with Crippen molar-refractivity contribution in [3.8, 4) is 0 Å². The van der Waals surface area contributed by atoms with Crippen molar-refractivity contribution in [3.63, 3.8) is 0 Å². The number of para-hydroxylation sites is 1. The quantitative estimate of drug-likeness (QED) is 0.927. The molecule has 110 valence electrons. The molecular formula is C16H18N2O2S. The molecule has 0 saturated carbocycles. The molecule has 2 aromatic carbocycles. The summed E-state index contributed by atoms with van der Waals surface area (Å²) in [4.78, 5) is 0.315. The molecule has 1 heterocycles. The molecule has 0 fully saturated rings. The zero-order valence-corrected chi connectivity index (χ0v) is 12.5. The standard InChI is InChI=1S/C16H18N2O2S/c17-15-10-6-12-18(16-11-5-4-9-14(15)16)21(19,20)13-7-2-1-3-8-13/h1-5,7-9,11,15H,6,10,12,17H2. The van der Waals surface area contributed by atoms with Gasteiger partial charge in [0.2, 0.25) is 0 Å². The van der Waals surface area contributed by atoms with Crippen LogP contribution in [0.2, 0.25) is 0 Å². The minimum atomic E-state index is -3.54. The fraction of sp³-hybridized carbons (Fsp3) is 0.250. The van der Waals surface area contributed by atoms with Crippen LogP contribution in [0.25, 0.3) is 0 Å². The zero-order valence-electron chi connectivity index (χ0n) is 11.6. The van der Waals surface area contributed by atoms with Gasteiger partial charge in [0.05, 0.1) is 10.6 Å². The third kappa shape index (κ3) is 2.54. The van der Waals surface area contributed by atoms with Gasteiger partial charge in [0.25, 0.3) is 10.0 Å². The highest BCUT2D eigenvalue weighted by Crippen LogP contribution is 2.34. The molecule has 0 spiro atoms. The molecule has 0 aliphatic carbocycles. The van der Waals surface area contributed by atoms with Gasteiger partial charge in [-0.3, -0.25) is 4.31 Å². The lowest BCUT2D eigenvalue weighted by molar-refractivity contribution is 0.586. The Labute approximate surface area is 125 Å². The molecule has 2 N–H and O–H groups in total. The summed E-state index contributed by atoms with van der Waals surface area (Å²) in [5, 5.41) is 0. The molecule has 0 amide bonds. The Hall–Kier alpha value is -1.85. The number of fused-ring (bicyclic) bond motifs is 1. The molecule has 4 nitrogen and oxygen atoms in total. The number of anilines is 1. The van der Waals surface area contributed by atoms with Gasteiger partial charge < -0.3 is 5.73 Å². The fourth-order valence-electron chi connectivity index (χ4n) is 2.73. The molecule has 1 aliphatic heterocycles. The molecule has 5 heteroatoms. The summed E-state index contributed by atoms with van der Waals surface area (Å²) in [6, 6.07) is 15.9. The largest absolute Gasteiger partial charge is 0.324 e. The van der Waals surface area contributed by atoms with E-state index in [0.717, 1.165) is 18.4 Å². The molecule has 0 radical (unpaired) electrons. The second-order valence-electron chi connectivity index (χ2n) is 5.20. The number of rotatable bonds is 2. The summed E-state index contributed by atoms with van der Waals surface area (Å²) in [6.45, 7) is 0.460. The van der Waals surface area contributed by atoms with Gasteiger partial charge in [-0.05, 0) is 36.6 Å². The summed E-state index contributed by atoms with van der Waals surface area (Å²) < 4.78 is 27.3. The Morgan fingerprint density at radius 1 is 1.00 bits per heavy atom. The van der Waals surface area contributed by atoms with Gasteiger partial charge in [-0.15, -0.1) is 0 Å². The third-order valence-corrected chi connectivity index (χ3v) is 5.64. The molecule has 0 aromatic heterocycles. The van der Waals surface area contributed by atoms with E-state index in [1.54, 1.807) is 24.3 Å². The van der Waals surface area contributed by atoms with Gasteiger partial charge in [-0.25, -0.2) is 8.42 Å². The number of sulfonamides is 1. The smallest absolute Gasteiger partial charge is 0.264 e. The molecule has 21 heavy (non-hydrogen) atoms. The van der Waals surface area contributed by atoms with Crippen LogP contribution in [0.15, 0.2) is 59.5 Å². The van der Waals surface area contributed by atoms with E-state index in [1.807, 2.05) is 30.3 Å². The zero-order chi connectivity index (χ0) is 14.9. The van der Waals surface area contributed by atoms with Crippen LogP contribution in [-0.2, 0) is 10.0 Å². The third-order valence-electron chi connectivity index (χ3n) is 3.81. The number of hydrogen-bond donors (Lipinski definition) is 1. The monoisotopic (exact) mass is 302 g/mol. The van der Waals surface area contributed by atoms with Crippen molar-refractivity contribution < 1.29 is 8.42 Å². The predicted octanol–water partition coefficient (Wildman–Crippen LogP) is 2.68. The van der Waals surface area contributed by atoms with Crippen molar-refractivity contribution in [3.05, 3.63) is 60.2 Å². The summed E-state index contributed by atoms with van der Waals surface area (Å²) in [5.74, 6) is 0. The first-order valence-corrected chi connectivity index (χ1v) is 8.47. The Balaban J connectivity index is 2.12. The highest BCUT2D eigenvalue weighted by atomic mass is 32.2. The van der Waals surface area contributed by atoms with Crippen molar-refractivity contribution in [1.29, 1.82) is 0 Å². The van der Waals surface area contributed by atoms with Gasteiger partial charge in [0, 0.05) is 12.6 Å². The van der Waals surface area contributed by atoms with Crippen LogP contribution in [0.4, 0.5) is 5.69 Å². The van der Waals surface area contributed by atoms with E-state index in [4.69, 9.17) is 5.73 Å². The van der Waals surface area contributed by atoms with Crippen molar-refractivity contribution in [2.75, 3.05) is 10.8 Å². The molecule has 1 unspecified atom stereocenters. The first kappa shape index (κ1) is 14.1. The summed E-state index contributed by atoms with van der Waals surface area (Å²) in [5.41, 5.74) is 7.77. The van der Waals surface area contributed by atoms with E-state index in [9.17, 15) is 8.42 Å². The van der Waals surface area contributed by atoms with Crippen molar-refractivity contribution >= 4 is 15.7 Å². The molecule has 2 aromatic rings. The van der Waals surface area contributed by atoms with Gasteiger partial charge in [-0.1, -0.05) is 36.4 Å². The Morgan fingerprint density at radius 3 is 2.43 bits per heavy atom. The number of nitrogens with zero attached hydrogens (tertiary/aromatic N) is 1. The van der Waals surface area contributed by atoms with Crippen LogP contribution >= 0.6 is 0 Å². The van der Waals surface area contributed by atoms with Gasteiger partial charge >= 0.3 is 0 Å². The minimum absolute atomic E-state index is 0.114. The second kappa shape index (κ2) is 5.50. The highest BCUT2D eigenvalue weighted by molar-refractivity contribution is 7.92. The lowest BCUT2D eigenvalue weighted by atomic mass is 10.0. The average molecular weight is 302 g/mol. The topological polar surface area (TPSA) is 63.4 Å². The second-order valence-corrected chi connectivity index (χ2v) is 7.06. The summed E-state index contributed by atoms with van der Waals surface area (Å²) >= 11 is 0. The molecular weight excluding hydrogens is 284 g/mol. The maximum atomic E-state index is 12.9. The van der Waals surface area contributed by atoms with Crippen LogP contribution in [0, 0.1) is 0 Å². The average Bonchev–Trinajstić information content (AvgIpc) is 2.68. The van der Waals surface area contributed by atoms with E-state index in [2.05, 4.69) is 0 Å². The fourth-order valence-corrected chi connectivity index (χ4v) is 4.28. The van der Waals surface area contributed by atoms with E-state index in [1.165, 1.54) is 4.31 Å². The SMILES string of the molecule is NC1CCCN(S(=O)(=O)c2ccccc2)c2ccccc21. The lowest BCUT2D eigenvalue weighted by Crippen LogP contribution is -2.31. The molecule has 1 atom stereocenters. The van der Waals surface area contributed by atoms with E-state index >= 15 is 0 Å². The van der Waals surface area contributed by atoms with Gasteiger partial charge in [-0.2, -0.15) is 0 Å². The van der Waals surface area contributed by atoms with E-state index in [0.29, 0.717) is 17.1 Å². The first-order chi connectivity index (χ1) is 10.1. The molecule has 1 aliphatic rings. The van der Waals surface area contributed by atoms with Crippen LogP contribution in [0.1, 0.15) is 24.4 Å². The number of benzene rings is 2. The Bertz CT molecular complexity index is 729. The van der Waals surface area contributed by atoms with Crippen LogP contribution < -0.4 is 10.0 Å². The first-order valence-electron chi connectivity index (χ1n) is 7.03. The van der Waals surface area contributed by atoms with E-state index in [-0.39, 0.29) is 6.04 Å². The van der Waals surface area contributed by atoms with Crippen LogP contribution in [0.3, 0.4) is 0 Å². The Kier molecular flexibility index (Phi) is 3.69. The van der Waals surface area contributed by atoms with Crippen molar-refractivity contribution in [2.45, 2.75) is 23.8 Å². The van der Waals surface area contributed by atoms with E-state index < -0.39 is 10.0 Å². The predicted molar refractivity (Wildman–Crippen MR) is 83.6 cm³/mol. The molecule has 0 saturated heterocycles. The number of hydrogen-bond acceptors (Lipinski definition) is 3. The van der Waals surface area contributed by atoms with Gasteiger partial charge in [0.1, 0.15) is 0 Å². The maximum absolute atomic E-state index is 12.9. The van der Waals surface area contributed by atoms with Crippen LogP contribution in [0.5, 0.6) is 0 Å². The Morgan fingerprint density at radius 2 is 1.67 bits per heavy atom. The number of nitrogens with two attached hydrogens (primary N) is 1. The summed E-state index contributed by atoms with van der Waals surface area (Å²) in [7, 11) is -3.54. The van der Waals surface area contributed by atoms with Crippen LogP contribution in [-0.4, -0.2) is 15.0 Å². The van der Waals surface area contributed by atoms with Crippen molar-refractivity contribution in [2.24, 2.45) is 5.73 Å². The maximum Gasteiger partial charge on any atom is 0.264 e.